The van der Waals surface area contributed by atoms with Crippen LogP contribution in [-0.4, -0.2) is 47.9 Å². The van der Waals surface area contributed by atoms with Crippen molar-refractivity contribution in [1.29, 1.82) is 0 Å². The fraction of sp³-hybridized carbons (Fsp3) is 0.367. The zero-order valence-corrected chi connectivity index (χ0v) is 20.6. The third kappa shape index (κ3) is 5.93. The second-order valence-electron chi connectivity index (χ2n) is 9.76. The molecule has 2 heterocycles. The Balaban J connectivity index is 1.40. The monoisotopic (exact) mass is 483 g/mol. The van der Waals surface area contributed by atoms with Gasteiger partial charge in [-0.15, -0.1) is 0 Å². The highest BCUT2D eigenvalue weighted by molar-refractivity contribution is 5.94. The summed E-state index contributed by atoms with van der Waals surface area (Å²) >= 11 is 0. The van der Waals surface area contributed by atoms with Gasteiger partial charge in [-0.2, -0.15) is 0 Å². The smallest absolute Gasteiger partial charge is 0.251 e. The number of fused-ring (bicyclic) bond motifs is 3. The minimum Gasteiger partial charge on any atom is -0.491 e. The van der Waals surface area contributed by atoms with E-state index in [0.717, 1.165) is 34.4 Å². The van der Waals surface area contributed by atoms with Crippen LogP contribution in [-0.2, 0) is 11.2 Å². The molecule has 186 valence electrons. The van der Waals surface area contributed by atoms with Crippen LogP contribution in [0.1, 0.15) is 53.6 Å². The Hall–Kier alpha value is -3.67. The van der Waals surface area contributed by atoms with Crippen molar-refractivity contribution < 1.29 is 14.3 Å². The average molecular weight is 484 g/mol. The molecule has 1 aromatic heterocycles. The van der Waals surface area contributed by atoms with Gasteiger partial charge in [0.2, 0.25) is 5.91 Å². The van der Waals surface area contributed by atoms with Crippen LogP contribution < -0.4 is 10.1 Å². The normalized spacial score (nSPS) is 16.7. The summed E-state index contributed by atoms with van der Waals surface area (Å²) in [6, 6.07) is 17.9. The van der Waals surface area contributed by atoms with E-state index in [1.165, 1.54) is 19.3 Å². The van der Waals surface area contributed by atoms with Crippen molar-refractivity contribution in [1.82, 2.24) is 15.2 Å². The molecule has 1 saturated carbocycles. The Morgan fingerprint density at radius 2 is 1.86 bits per heavy atom. The van der Waals surface area contributed by atoms with Gasteiger partial charge in [0.05, 0.1) is 6.54 Å². The number of benzene rings is 2. The maximum atomic E-state index is 13.0. The Labute approximate surface area is 212 Å². The van der Waals surface area contributed by atoms with Gasteiger partial charge in [-0.3, -0.25) is 14.6 Å². The molecule has 0 atom stereocenters. The molecule has 3 aromatic rings. The number of hydrogen-bond acceptors (Lipinski definition) is 4. The van der Waals surface area contributed by atoms with E-state index < -0.39 is 0 Å². The van der Waals surface area contributed by atoms with Crippen LogP contribution in [0.25, 0.3) is 11.1 Å². The number of hydrogen-bond donors (Lipinski definition) is 1. The predicted molar refractivity (Wildman–Crippen MR) is 140 cm³/mol. The first-order valence-corrected chi connectivity index (χ1v) is 13.0. The summed E-state index contributed by atoms with van der Waals surface area (Å²) in [7, 11) is 0. The lowest BCUT2D eigenvalue weighted by Crippen LogP contribution is -2.41. The van der Waals surface area contributed by atoms with Crippen LogP contribution in [0.4, 0.5) is 0 Å². The van der Waals surface area contributed by atoms with Crippen molar-refractivity contribution in [2.45, 2.75) is 38.5 Å². The van der Waals surface area contributed by atoms with Crippen molar-refractivity contribution >= 4 is 11.8 Å². The molecular weight excluding hydrogens is 450 g/mol. The first-order chi connectivity index (χ1) is 17.7. The number of pyridine rings is 1. The molecule has 2 aliphatic rings. The fourth-order valence-electron chi connectivity index (χ4n) is 4.93. The standard InChI is InChI=1S/C30H33N3O3/c34-29(10-7-22-3-1-4-22)33-16-15-32-30(35)26-6-2-5-23(19-26)20-27-21-25(24-11-13-31-14-12-24)8-9-28(27)36-18-17-33/h2,5-6,8-9,11-14,19,21-22H,1,3-4,7,10,15-18,20H2,(H,32,35). The quantitative estimate of drug-likeness (QED) is 0.575. The molecule has 5 rings (SSSR count). The van der Waals surface area contributed by atoms with E-state index in [2.05, 4.69) is 22.4 Å². The summed E-state index contributed by atoms with van der Waals surface area (Å²) in [6.45, 7) is 1.80. The zero-order valence-electron chi connectivity index (χ0n) is 20.6. The summed E-state index contributed by atoms with van der Waals surface area (Å²) in [5, 5.41) is 2.99. The summed E-state index contributed by atoms with van der Waals surface area (Å²) in [5.41, 5.74) is 4.89. The van der Waals surface area contributed by atoms with Gasteiger partial charge >= 0.3 is 0 Å². The van der Waals surface area contributed by atoms with Crippen molar-refractivity contribution in [3.63, 3.8) is 0 Å². The number of nitrogens with zero attached hydrogens (tertiary/aromatic N) is 2. The second-order valence-corrected chi connectivity index (χ2v) is 9.76. The summed E-state index contributed by atoms with van der Waals surface area (Å²) in [5.74, 6) is 1.53. The molecule has 2 aromatic carbocycles. The van der Waals surface area contributed by atoms with E-state index in [4.69, 9.17) is 4.74 Å². The van der Waals surface area contributed by atoms with E-state index in [-0.39, 0.29) is 11.8 Å². The minimum absolute atomic E-state index is 0.113. The van der Waals surface area contributed by atoms with Crippen LogP contribution in [0.15, 0.2) is 67.0 Å². The van der Waals surface area contributed by atoms with Gasteiger partial charge in [0.25, 0.3) is 5.91 Å². The summed E-state index contributed by atoms with van der Waals surface area (Å²) in [6.07, 6.45) is 9.49. The van der Waals surface area contributed by atoms with Gasteiger partial charge < -0.3 is 15.0 Å². The lowest BCUT2D eigenvalue weighted by atomic mass is 9.82. The highest BCUT2D eigenvalue weighted by atomic mass is 16.5. The van der Waals surface area contributed by atoms with Gasteiger partial charge in [0, 0.05) is 43.9 Å². The number of ether oxygens (including phenoxy) is 1. The largest absolute Gasteiger partial charge is 0.491 e. The Morgan fingerprint density at radius 1 is 1.00 bits per heavy atom. The Kier molecular flexibility index (Phi) is 7.60. The average Bonchev–Trinajstić information content (AvgIpc) is 2.87. The fourth-order valence-corrected chi connectivity index (χ4v) is 4.93. The van der Waals surface area contributed by atoms with E-state index in [0.29, 0.717) is 50.6 Å². The van der Waals surface area contributed by atoms with Crippen LogP contribution in [0, 0.1) is 5.92 Å². The number of amides is 2. The number of carbonyl (C=O) groups excluding carboxylic acids is 2. The van der Waals surface area contributed by atoms with E-state index in [1.54, 1.807) is 12.4 Å². The van der Waals surface area contributed by atoms with E-state index >= 15 is 0 Å². The van der Waals surface area contributed by atoms with Crippen LogP contribution in [0.5, 0.6) is 5.75 Å². The first-order valence-electron chi connectivity index (χ1n) is 13.0. The topological polar surface area (TPSA) is 71.5 Å². The van der Waals surface area contributed by atoms with E-state index in [9.17, 15) is 9.59 Å². The molecule has 2 bridgehead atoms. The molecule has 1 fully saturated rings. The SMILES string of the molecule is O=C1NCCN(C(=O)CCC2CCC2)CCOc2ccc(-c3ccncc3)cc2Cc2cccc1c2. The Bertz CT molecular complexity index is 1210. The summed E-state index contributed by atoms with van der Waals surface area (Å²) in [4.78, 5) is 31.8. The molecule has 0 radical (unpaired) electrons. The highest BCUT2D eigenvalue weighted by Gasteiger charge is 2.21. The molecule has 0 saturated heterocycles. The number of carbonyl (C=O) groups is 2. The minimum atomic E-state index is -0.113. The number of aromatic nitrogens is 1. The van der Waals surface area contributed by atoms with Gasteiger partial charge in [-0.1, -0.05) is 37.5 Å². The molecule has 6 nitrogen and oxygen atoms in total. The van der Waals surface area contributed by atoms with Crippen LogP contribution >= 0.6 is 0 Å². The van der Waals surface area contributed by atoms with E-state index in [1.807, 2.05) is 47.4 Å². The third-order valence-electron chi connectivity index (χ3n) is 7.29. The van der Waals surface area contributed by atoms with Gasteiger partial charge in [-0.25, -0.2) is 0 Å². The molecule has 1 N–H and O–H groups in total. The molecule has 2 amide bonds. The third-order valence-corrected chi connectivity index (χ3v) is 7.29. The van der Waals surface area contributed by atoms with Gasteiger partial charge in [0.1, 0.15) is 12.4 Å². The maximum Gasteiger partial charge on any atom is 0.251 e. The first kappa shape index (κ1) is 24.0. The van der Waals surface area contributed by atoms with Crippen LogP contribution in [0.3, 0.4) is 0 Å². The van der Waals surface area contributed by atoms with Crippen LogP contribution in [0.2, 0.25) is 0 Å². The maximum absolute atomic E-state index is 13.0. The van der Waals surface area contributed by atoms with Crippen molar-refractivity contribution in [3.05, 3.63) is 83.7 Å². The van der Waals surface area contributed by atoms with Gasteiger partial charge in [-0.05, 0) is 71.0 Å². The Morgan fingerprint density at radius 3 is 2.67 bits per heavy atom. The van der Waals surface area contributed by atoms with Gasteiger partial charge in [0.15, 0.2) is 0 Å². The molecule has 1 aliphatic heterocycles. The van der Waals surface area contributed by atoms with Crippen molar-refractivity contribution in [2.75, 3.05) is 26.2 Å². The number of nitrogens with one attached hydrogen (secondary N) is 1. The molecule has 1 aliphatic carbocycles. The summed E-state index contributed by atoms with van der Waals surface area (Å²) < 4.78 is 6.26. The predicted octanol–water partition coefficient (Wildman–Crippen LogP) is 4.87. The highest BCUT2D eigenvalue weighted by Crippen LogP contribution is 2.31. The lowest BCUT2D eigenvalue weighted by Gasteiger charge is -2.28. The van der Waals surface area contributed by atoms with Crippen molar-refractivity contribution in [2.24, 2.45) is 5.92 Å². The van der Waals surface area contributed by atoms with Crippen molar-refractivity contribution in [3.8, 4) is 16.9 Å². The zero-order chi connectivity index (χ0) is 24.7. The molecule has 36 heavy (non-hydrogen) atoms. The molecule has 0 spiro atoms. The molecular formula is C30H33N3O3. The number of rotatable bonds is 4. The molecule has 0 unspecified atom stereocenters. The lowest BCUT2D eigenvalue weighted by molar-refractivity contribution is -0.132. The second kappa shape index (κ2) is 11.4. The molecule has 6 heteroatoms.